The first-order chi connectivity index (χ1) is 11.1. The average Bonchev–Trinajstić information content (AvgIpc) is 2.96. The normalized spacial score (nSPS) is 22.7. The number of carboxylic acids is 1. The van der Waals surface area contributed by atoms with E-state index in [1.807, 2.05) is 6.08 Å². The molecule has 0 bridgehead atoms. The second-order valence-electron chi connectivity index (χ2n) is 6.75. The van der Waals surface area contributed by atoms with Crippen molar-refractivity contribution >= 4 is 5.97 Å². The summed E-state index contributed by atoms with van der Waals surface area (Å²) in [5, 5.41) is 18.5. The number of aliphatic hydroxyl groups is 1. The maximum absolute atomic E-state index is 10.4. The molecule has 3 unspecified atom stereocenters. The van der Waals surface area contributed by atoms with Crippen LogP contribution in [-0.2, 0) is 9.53 Å². The number of rotatable bonds is 13. The van der Waals surface area contributed by atoms with Crippen LogP contribution in [0, 0.1) is 5.92 Å². The third-order valence-electron chi connectivity index (χ3n) is 4.49. The fourth-order valence-electron chi connectivity index (χ4n) is 3.06. The second-order valence-corrected chi connectivity index (χ2v) is 6.75. The Kier molecular flexibility index (Phi) is 11.0. The van der Waals surface area contributed by atoms with E-state index in [-0.39, 0.29) is 12.5 Å². The van der Waals surface area contributed by atoms with E-state index in [9.17, 15) is 9.90 Å². The van der Waals surface area contributed by atoms with Crippen LogP contribution in [0.1, 0.15) is 77.6 Å². The topological polar surface area (TPSA) is 66.8 Å². The largest absolute Gasteiger partial charge is 0.481 e. The van der Waals surface area contributed by atoms with Gasteiger partial charge in [0.05, 0.1) is 18.8 Å². The fourth-order valence-corrected chi connectivity index (χ4v) is 3.06. The molecular formula is C19H34O4. The smallest absolute Gasteiger partial charge is 0.303 e. The molecule has 0 radical (unpaired) electrons. The van der Waals surface area contributed by atoms with Gasteiger partial charge in [0.2, 0.25) is 0 Å². The lowest BCUT2D eigenvalue weighted by Gasteiger charge is -2.08. The van der Waals surface area contributed by atoms with E-state index in [2.05, 4.69) is 13.0 Å². The number of carbonyl (C=O) groups is 1. The first-order valence-electron chi connectivity index (χ1n) is 9.31. The van der Waals surface area contributed by atoms with Crippen molar-refractivity contribution in [2.45, 2.75) is 89.8 Å². The number of aliphatic carboxylic acids is 1. The third-order valence-corrected chi connectivity index (χ3v) is 4.49. The molecule has 3 atom stereocenters. The molecule has 1 aliphatic rings. The van der Waals surface area contributed by atoms with Crippen LogP contribution < -0.4 is 0 Å². The van der Waals surface area contributed by atoms with E-state index < -0.39 is 5.97 Å². The van der Waals surface area contributed by atoms with Gasteiger partial charge >= 0.3 is 5.97 Å². The Morgan fingerprint density at radius 3 is 2.74 bits per heavy atom. The Morgan fingerprint density at radius 2 is 2.00 bits per heavy atom. The Labute approximate surface area is 140 Å². The van der Waals surface area contributed by atoms with Gasteiger partial charge in [-0.1, -0.05) is 57.6 Å². The minimum atomic E-state index is -0.698. The van der Waals surface area contributed by atoms with E-state index in [1.165, 1.54) is 12.8 Å². The second kappa shape index (κ2) is 12.5. The maximum atomic E-state index is 10.4. The van der Waals surface area contributed by atoms with E-state index >= 15 is 0 Å². The Morgan fingerprint density at radius 1 is 1.22 bits per heavy atom. The summed E-state index contributed by atoms with van der Waals surface area (Å²) in [6.45, 7) is 2.94. The number of unbranched alkanes of at least 4 members (excludes halogenated alkanes) is 5. The summed E-state index contributed by atoms with van der Waals surface area (Å²) in [6, 6.07) is 0. The number of hydrogen-bond donors (Lipinski definition) is 2. The zero-order valence-electron chi connectivity index (χ0n) is 14.6. The number of ether oxygens (including phenoxy) is 1. The molecule has 1 fully saturated rings. The van der Waals surface area contributed by atoms with Gasteiger partial charge in [0.15, 0.2) is 0 Å². The highest BCUT2D eigenvalue weighted by Crippen LogP contribution is 2.25. The predicted octanol–water partition coefficient (Wildman–Crippen LogP) is 4.31. The van der Waals surface area contributed by atoms with Gasteiger partial charge in [0.1, 0.15) is 0 Å². The van der Waals surface area contributed by atoms with Crippen LogP contribution in [0.3, 0.4) is 0 Å². The van der Waals surface area contributed by atoms with Gasteiger partial charge in [-0.05, 0) is 25.7 Å². The summed E-state index contributed by atoms with van der Waals surface area (Å²) in [5.41, 5.74) is 0. The van der Waals surface area contributed by atoms with Crippen LogP contribution in [0.2, 0.25) is 0 Å². The zero-order chi connectivity index (χ0) is 16.9. The molecule has 0 aromatic carbocycles. The molecule has 4 nitrogen and oxygen atoms in total. The Hall–Kier alpha value is -0.870. The lowest BCUT2D eigenvalue weighted by Crippen LogP contribution is -2.05. The summed E-state index contributed by atoms with van der Waals surface area (Å²) in [7, 11) is 0. The van der Waals surface area contributed by atoms with E-state index in [4.69, 9.17) is 9.84 Å². The third kappa shape index (κ3) is 10.5. The van der Waals surface area contributed by atoms with Gasteiger partial charge in [0, 0.05) is 12.3 Å². The maximum Gasteiger partial charge on any atom is 0.303 e. The first-order valence-corrected chi connectivity index (χ1v) is 9.31. The van der Waals surface area contributed by atoms with Crippen molar-refractivity contribution < 1.29 is 19.7 Å². The number of hydrogen-bond acceptors (Lipinski definition) is 3. The van der Waals surface area contributed by atoms with Crippen molar-refractivity contribution in [1.82, 2.24) is 0 Å². The molecule has 0 aliphatic carbocycles. The summed E-state index contributed by atoms with van der Waals surface area (Å²) >= 11 is 0. The number of carboxylic acid groups (broad SMARTS) is 1. The fraction of sp³-hybridized carbons (Fsp3) is 0.842. The van der Waals surface area contributed by atoms with Crippen molar-refractivity contribution in [3.8, 4) is 0 Å². The SMILES string of the molecule is CCCCCC(O)C=CC1COC(CCCCCCC(=O)O)C1. The minimum Gasteiger partial charge on any atom is -0.481 e. The average molecular weight is 326 g/mol. The van der Waals surface area contributed by atoms with Crippen LogP contribution >= 0.6 is 0 Å². The zero-order valence-corrected chi connectivity index (χ0v) is 14.6. The van der Waals surface area contributed by atoms with Gasteiger partial charge in [-0.15, -0.1) is 0 Å². The molecule has 4 heteroatoms. The van der Waals surface area contributed by atoms with Crippen molar-refractivity contribution in [2.24, 2.45) is 5.92 Å². The molecule has 0 saturated carbocycles. The van der Waals surface area contributed by atoms with Gasteiger partial charge in [-0.25, -0.2) is 0 Å². The summed E-state index contributed by atoms with van der Waals surface area (Å²) < 4.78 is 5.81. The quantitative estimate of drug-likeness (QED) is 0.391. The van der Waals surface area contributed by atoms with E-state index in [0.29, 0.717) is 12.0 Å². The lowest BCUT2D eigenvalue weighted by molar-refractivity contribution is -0.137. The van der Waals surface area contributed by atoms with Crippen molar-refractivity contribution in [1.29, 1.82) is 0 Å². The van der Waals surface area contributed by atoms with Crippen molar-refractivity contribution in [3.63, 3.8) is 0 Å². The van der Waals surface area contributed by atoms with Crippen molar-refractivity contribution in [2.75, 3.05) is 6.61 Å². The lowest BCUT2D eigenvalue weighted by atomic mass is 10.00. The summed E-state index contributed by atoms with van der Waals surface area (Å²) in [4.78, 5) is 10.4. The molecule has 1 aliphatic heterocycles. The Bertz CT molecular complexity index is 340. The molecular weight excluding hydrogens is 292 g/mol. The first kappa shape index (κ1) is 20.2. The Balaban J connectivity index is 2.05. The minimum absolute atomic E-state index is 0.285. The van der Waals surface area contributed by atoms with Crippen LogP contribution in [0.25, 0.3) is 0 Å². The molecule has 1 heterocycles. The highest BCUT2D eigenvalue weighted by atomic mass is 16.5. The summed E-state index contributed by atoms with van der Waals surface area (Å²) in [6.07, 6.45) is 14.8. The van der Waals surface area contributed by atoms with Gasteiger partial charge in [-0.3, -0.25) is 4.79 Å². The van der Waals surface area contributed by atoms with Crippen LogP contribution in [-0.4, -0.2) is 35.0 Å². The highest BCUT2D eigenvalue weighted by molar-refractivity contribution is 5.66. The van der Waals surface area contributed by atoms with E-state index in [1.54, 1.807) is 0 Å². The molecule has 0 aromatic rings. The van der Waals surface area contributed by atoms with Crippen LogP contribution in [0.15, 0.2) is 12.2 Å². The highest BCUT2D eigenvalue weighted by Gasteiger charge is 2.23. The van der Waals surface area contributed by atoms with E-state index in [0.717, 1.165) is 58.0 Å². The van der Waals surface area contributed by atoms with Crippen molar-refractivity contribution in [3.05, 3.63) is 12.2 Å². The molecule has 1 rings (SSSR count). The molecule has 0 amide bonds. The molecule has 0 aromatic heterocycles. The standard InChI is InChI=1S/C19H34O4/c1-2-3-6-9-17(20)13-12-16-14-18(23-15-16)10-7-4-5-8-11-19(21)22/h12-13,16-18,20H,2-11,14-15H2,1H3,(H,21,22). The number of aliphatic hydroxyl groups excluding tert-OH is 1. The van der Waals surface area contributed by atoms with Gasteiger partial charge in [-0.2, -0.15) is 0 Å². The molecule has 134 valence electrons. The van der Waals surface area contributed by atoms with Gasteiger partial charge in [0.25, 0.3) is 0 Å². The predicted molar refractivity (Wildman–Crippen MR) is 92.5 cm³/mol. The molecule has 0 spiro atoms. The molecule has 2 N–H and O–H groups in total. The summed E-state index contributed by atoms with van der Waals surface area (Å²) in [5.74, 6) is -0.261. The van der Waals surface area contributed by atoms with Crippen LogP contribution in [0.5, 0.6) is 0 Å². The monoisotopic (exact) mass is 326 g/mol. The molecule has 23 heavy (non-hydrogen) atoms. The van der Waals surface area contributed by atoms with Gasteiger partial charge < -0.3 is 14.9 Å². The van der Waals surface area contributed by atoms with Crippen LogP contribution in [0.4, 0.5) is 0 Å². The molecule has 1 saturated heterocycles.